The van der Waals surface area contributed by atoms with Gasteiger partial charge in [-0.15, -0.1) is 11.8 Å². The van der Waals surface area contributed by atoms with Crippen molar-refractivity contribution in [3.63, 3.8) is 0 Å². The van der Waals surface area contributed by atoms with Crippen molar-refractivity contribution in [3.8, 4) is 0 Å². The van der Waals surface area contributed by atoms with Crippen molar-refractivity contribution in [1.82, 2.24) is 5.32 Å². The quantitative estimate of drug-likeness (QED) is 0.151. The van der Waals surface area contributed by atoms with E-state index in [9.17, 15) is 30.0 Å². The summed E-state index contributed by atoms with van der Waals surface area (Å²) in [5.74, 6) is -1.37. The Morgan fingerprint density at radius 1 is 1.02 bits per heavy atom. The van der Waals surface area contributed by atoms with Crippen molar-refractivity contribution in [2.45, 2.75) is 74.0 Å². The Balaban J connectivity index is 1.74. The molecule has 4 unspecified atom stereocenters. The fraction of sp³-hybridized carbons (Fsp3) is 0.704. The second kappa shape index (κ2) is 16.8. The average Bonchev–Trinajstić information content (AvgIpc) is 2.97. The Bertz CT molecular complexity index is 1040. The van der Waals surface area contributed by atoms with Crippen molar-refractivity contribution in [3.05, 3.63) is 33.8 Å². The summed E-state index contributed by atoms with van der Waals surface area (Å²) < 4.78 is 23.5. The van der Waals surface area contributed by atoms with Crippen LogP contribution < -0.4 is 11.1 Å². The number of carbonyl (C=O) groups excluding carboxylic acids is 2. The van der Waals surface area contributed by atoms with E-state index in [-0.39, 0.29) is 22.0 Å². The molecule has 2 aliphatic rings. The lowest BCUT2D eigenvalue weighted by molar-refractivity contribution is -0.220. The lowest BCUT2D eigenvalue weighted by atomic mass is 9.86. The van der Waals surface area contributed by atoms with Crippen molar-refractivity contribution in [2.75, 3.05) is 39.2 Å². The summed E-state index contributed by atoms with van der Waals surface area (Å²) >= 11 is 13.3. The second-order valence-electron chi connectivity index (χ2n) is 10.3. The number of amides is 1. The van der Waals surface area contributed by atoms with Gasteiger partial charge in [0.05, 0.1) is 47.6 Å². The van der Waals surface area contributed by atoms with Crippen LogP contribution in [0.25, 0.3) is 0 Å². The standard InChI is InChI=1S/C27H40Cl2N2O10S/c1-13-22(35)19(10-32)40-18(24(13)38-7-3-6-30)9-15(34)12-39-25-21(27(42-2)41-20(11-33)23(25)36)31-26(37)14-4-5-16(28)17(29)8-14/h4-5,8,13,18-25,27,32-33,35-36H,3,6-7,9-12,30H2,1-2H3,(H,31,37)/t13-,18-,19?,20?,21?,22+,23-,24?,25+,27-/m0/s1. The third-order valence-corrected chi connectivity index (χ3v) is 9.03. The van der Waals surface area contributed by atoms with Crippen LogP contribution in [0.1, 0.15) is 30.1 Å². The normalized spacial score (nSPS) is 33.4. The van der Waals surface area contributed by atoms with Gasteiger partial charge in [-0.25, -0.2) is 0 Å². The van der Waals surface area contributed by atoms with Crippen LogP contribution in [0.5, 0.6) is 0 Å². The van der Waals surface area contributed by atoms with Gasteiger partial charge < -0.3 is 50.4 Å². The minimum absolute atomic E-state index is 0.157. The van der Waals surface area contributed by atoms with Crippen LogP contribution in [-0.4, -0.2) is 126 Å². The summed E-state index contributed by atoms with van der Waals surface area (Å²) in [6.07, 6.45) is -4.66. The second-order valence-corrected chi connectivity index (χ2v) is 12.1. The number of nitrogens with two attached hydrogens (primary N) is 1. The molecular weight excluding hydrogens is 615 g/mol. The maximum Gasteiger partial charge on any atom is 0.251 e. The van der Waals surface area contributed by atoms with Gasteiger partial charge in [-0.2, -0.15) is 0 Å². The van der Waals surface area contributed by atoms with Crippen LogP contribution in [-0.2, 0) is 23.7 Å². The number of carbonyl (C=O) groups is 2. The van der Waals surface area contributed by atoms with E-state index in [1.807, 2.05) is 0 Å². The zero-order valence-electron chi connectivity index (χ0n) is 23.4. The highest BCUT2D eigenvalue weighted by molar-refractivity contribution is 7.99. The molecule has 12 nitrogen and oxygen atoms in total. The number of Topliss-reactive ketones (excluding diaryl/α,β-unsaturated/α-hetero) is 1. The number of nitrogens with one attached hydrogen (secondary N) is 1. The first kappa shape index (κ1) is 35.4. The smallest absolute Gasteiger partial charge is 0.251 e. The number of thioether (sulfide) groups is 1. The topological polar surface area (TPSA) is 190 Å². The third-order valence-electron chi connectivity index (χ3n) is 7.42. The number of ether oxygens (including phenoxy) is 4. The zero-order valence-corrected chi connectivity index (χ0v) is 25.8. The van der Waals surface area contributed by atoms with Gasteiger partial charge in [-0.3, -0.25) is 9.59 Å². The van der Waals surface area contributed by atoms with E-state index in [0.29, 0.717) is 19.6 Å². The minimum Gasteiger partial charge on any atom is -0.394 e. The molecular formula is C27H40Cl2N2O10S. The van der Waals surface area contributed by atoms with Crippen molar-refractivity contribution in [1.29, 1.82) is 0 Å². The SMILES string of the molecule is CS[C@@H]1OC(CO)[C@H](O)[C@H](OCC(=O)C[C@@H]2OC(CO)[C@H](O)[C@H](C)C2OCCCN)C1NC(=O)c1ccc(Cl)c(Cl)c1. The first-order valence-corrected chi connectivity index (χ1v) is 15.7. The molecule has 0 aliphatic carbocycles. The van der Waals surface area contributed by atoms with Crippen LogP contribution in [0.15, 0.2) is 18.2 Å². The molecule has 0 spiro atoms. The maximum atomic E-state index is 13.2. The number of benzene rings is 1. The molecule has 2 aliphatic heterocycles. The summed E-state index contributed by atoms with van der Waals surface area (Å²) in [7, 11) is 0. The van der Waals surface area contributed by atoms with Crippen LogP contribution in [0, 0.1) is 5.92 Å². The lowest BCUT2D eigenvalue weighted by Crippen LogP contribution is -2.64. The summed E-state index contributed by atoms with van der Waals surface area (Å²) in [6, 6.07) is 3.45. The predicted octanol–water partition coefficient (Wildman–Crippen LogP) is 0.368. The molecule has 2 saturated heterocycles. The summed E-state index contributed by atoms with van der Waals surface area (Å²) in [5.41, 5.74) is 5.05. The fourth-order valence-electron chi connectivity index (χ4n) is 5.10. The number of aliphatic hydroxyl groups excluding tert-OH is 4. The Labute approximate surface area is 259 Å². The number of aliphatic hydroxyl groups is 4. The van der Waals surface area contributed by atoms with Crippen molar-refractivity contribution in [2.24, 2.45) is 11.7 Å². The monoisotopic (exact) mass is 654 g/mol. The molecule has 1 aromatic carbocycles. The van der Waals surface area contributed by atoms with Crippen molar-refractivity contribution < 1.29 is 49.0 Å². The summed E-state index contributed by atoms with van der Waals surface area (Å²) in [5, 5.41) is 44.2. The van der Waals surface area contributed by atoms with E-state index in [2.05, 4.69) is 5.32 Å². The van der Waals surface area contributed by atoms with E-state index in [1.165, 1.54) is 30.0 Å². The molecule has 0 aromatic heterocycles. The Hall–Kier alpha value is -1.07. The van der Waals surface area contributed by atoms with Crippen LogP contribution >= 0.6 is 35.0 Å². The van der Waals surface area contributed by atoms with E-state index >= 15 is 0 Å². The molecule has 0 radical (unpaired) electrons. The number of hydrogen-bond acceptors (Lipinski definition) is 12. The molecule has 3 rings (SSSR count). The molecule has 0 saturated carbocycles. The molecule has 2 heterocycles. The molecule has 7 N–H and O–H groups in total. The van der Waals surface area contributed by atoms with Gasteiger partial charge in [0.2, 0.25) is 0 Å². The van der Waals surface area contributed by atoms with E-state index < -0.39 is 91.6 Å². The van der Waals surface area contributed by atoms with Gasteiger partial charge in [0, 0.05) is 24.5 Å². The molecule has 0 bridgehead atoms. The largest absolute Gasteiger partial charge is 0.394 e. The van der Waals surface area contributed by atoms with Crippen LogP contribution in [0.4, 0.5) is 0 Å². The van der Waals surface area contributed by atoms with Crippen molar-refractivity contribution >= 4 is 46.7 Å². The number of halogens is 2. The Morgan fingerprint density at radius 3 is 2.33 bits per heavy atom. The Morgan fingerprint density at radius 2 is 1.71 bits per heavy atom. The number of hydrogen-bond donors (Lipinski definition) is 6. The van der Waals surface area contributed by atoms with E-state index in [0.717, 1.165) is 0 Å². The molecule has 1 aromatic rings. The van der Waals surface area contributed by atoms with Crippen LogP contribution in [0.3, 0.4) is 0 Å². The highest BCUT2D eigenvalue weighted by Crippen LogP contribution is 2.32. The summed E-state index contributed by atoms with van der Waals surface area (Å²) in [4.78, 5) is 26.2. The first-order chi connectivity index (χ1) is 20.1. The van der Waals surface area contributed by atoms with Gasteiger partial charge in [0.15, 0.2) is 5.78 Å². The lowest BCUT2D eigenvalue weighted by Gasteiger charge is -2.44. The zero-order chi connectivity index (χ0) is 31.0. The Kier molecular flexibility index (Phi) is 14.2. The highest BCUT2D eigenvalue weighted by atomic mass is 35.5. The van der Waals surface area contributed by atoms with Gasteiger partial charge in [-0.05, 0) is 37.4 Å². The van der Waals surface area contributed by atoms with Gasteiger partial charge in [0.25, 0.3) is 5.91 Å². The molecule has 10 atom stereocenters. The molecule has 238 valence electrons. The van der Waals surface area contributed by atoms with E-state index in [4.69, 9.17) is 47.9 Å². The first-order valence-electron chi connectivity index (χ1n) is 13.7. The minimum atomic E-state index is -1.38. The maximum absolute atomic E-state index is 13.2. The third kappa shape index (κ3) is 8.77. The highest BCUT2D eigenvalue weighted by Gasteiger charge is 2.47. The van der Waals surface area contributed by atoms with Crippen LogP contribution in [0.2, 0.25) is 10.0 Å². The average molecular weight is 656 g/mol. The van der Waals surface area contributed by atoms with Gasteiger partial charge >= 0.3 is 0 Å². The molecule has 15 heteroatoms. The predicted molar refractivity (Wildman–Crippen MR) is 157 cm³/mol. The fourth-order valence-corrected chi connectivity index (χ4v) is 6.17. The van der Waals surface area contributed by atoms with Gasteiger partial charge in [0.1, 0.15) is 36.5 Å². The molecule has 42 heavy (non-hydrogen) atoms. The number of ketones is 1. The number of rotatable bonds is 14. The molecule has 2 fully saturated rings. The van der Waals surface area contributed by atoms with E-state index in [1.54, 1.807) is 13.2 Å². The molecule has 1 amide bonds. The van der Waals surface area contributed by atoms with Gasteiger partial charge in [-0.1, -0.05) is 30.1 Å². The summed E-state index contributed by atoms with van der Waals surface area (Å²) in [6.45, 7) is 1.06.